The van der Waals surface area contributed by atoms with Crippen LogP contribution in [0.4, 0.5) is 5.82 Å². The first-order valence-corrected chi connectivity index (χ1v) is 3.87. The van der Waals surface area contributed by atoms with Crippen LogP contribution < -0.4 is 4.90 Å². The highest BCUT2D eigenvalue weighted by Gasteiger charge is 2.22. The Bertz CT molecular complexity index is 286. The van der Waals surface area contributed by atoms with Crippen LogP contribution in [0, 0.1) is 6.33 Å². The van der Waals surface area contributed by atoms with E-state index in [1.165, 1.54) is 0 Å². The molecule has 12 heavy (non-hydrogen) atoms. The fraction of sp³-hybridized carbons (Fsp3) is 0.375. The number of carbonyl (C=O) groups is 1. The maximum Gasteiger partial charge on any atom is 0.228 e. The van der Waals surface area contributed by atoms with Crippen LogP contribution in [0.2, 0.25) is 0 Å². The van der Waals surface area contributed by atoms with Crippen LogP contribution in [0.25, 0.3) is 0 Å². The third kappa shape index (κ3) is 1.15. The summed E-state index contributed by atoms with van der Waals surface area (Å²) < 4.78 is 0. The summed E-state index contributed by atoms with van der Waals surface area (Å²) in [6.45, 7) is 0.768. The molecular weight excluding hydrogens is 154 g/mol. The summed E-state index contributed by atoms with van der Waals surface area (Å²) in [5, 5.41) is 0. The van der Waals surface area contributed by atoms with Crippen LogP contribution in [0.15, 0.2) is 12.3 Å². The Morgan fingerprint density at radius 3 is 3.08 bits per heavy atom. The van der Waals surface area contributed by atoms with E-state index in [0.717, 1.165) is 13.0 Å². The second kappa shape index (κ2) is 2.89. The predicted molar refractivity (Wildman–Crippen MR) is 42.5 cm³/mol. The van der Waals surface area contributed by atoms with Crippen molar-refractivity contribution in [2.24, 2.45) is 0 Å². The maximum absolute atomic E-state index is 11.2. The summed E-state index contributed by atoms with van der Waals surface area (Å²) in [7, 11) is 0. The van der Waals surface area contributed by atoms with Crippen LogP contribution >= 0.6 is 0 Å². The highest BCUT2D eigenvalue weighted by atomic mass is 16.2. The van der Waals surface area contributed by atoms with E-state index >= 15 is 0 Å². The lowest BCUT2D eigenvalue weighted by Gasteiger charge is -2.12. The molecule has 4 heteroatoms. The van der Waals surface area contributed by atoms with E-state index in [2.05, 4.69) is 16.3 Å². The maximum atomic E-state index is 11.2. The number of nitrogens with zero attached hydrogens (tertiary/aromatic N) is 3. The van der Waals surface area contributed by atoms with Gasteiger partial charge in [0.25, 0.3) is 0 Å². The zero-order valence-corrected chi connectivity index (χ0v) is 6.53. The van der Waals surface area contributed by atoms with Gasteiger partial charge in [0, 0.05) is 19.2 Å². The van der Waals surface area contributed by atoms with Crippen molar-refractivity contribution in [2.75, 3.05) is 11.4 Å². The number of amides is 1. The van der Waals surface area contributed by atoms with Crippen LogP contribution in [0.5, 0.6) is 0 Å². The summed E-state index contributed by atoms with van der Waals surface area (Å²) in [6.07, 6.45) is 5.60. The van der Waals surface area contributed by atoms with Gasteiger partial charge in [-0.15, -0.1) is 0 Å². The molecule has 0 aromatic carbocycles. The Morgan fingerprint density at radius 2 is 2.50 bits per heavy atom. The Kier molecular flexibility index (Phi) is 1.74. The molecule has 1 saturated heterocycles. The van der Waals surface area contributed by atoms with Gasteiger partial charge in [-0.3, -0.25) is 9.69 Å². The molecule has 0 unspecified atom stereocenters. The molecule has 1 aromatic heterocycles. The lowest BCUT2D eigenvalue weighted by atomic mass is 10.4. The monoisotopic (exact) mass is 162 g/mol. The van der Waals surface area contributed by atoms with Crippen molar-refractivity contribution in [3.63, 3.8) is 0 Å². The van der Waals surface area contributed by atoms with Crippen molar-refractivity contribution < 1.29 is 4.79 Å². The Hall–Kier alpha value is -1.45. The normalized spacial score (nSPS) is 17.0. The van der Waals surface area contributed by atoms with Gasteiger partial charge in [-0.1, -0.05) is 0 Å². The van der Waals surface area contributed by atoms with Gasteiger partial charge in [-0.05, 0) is 12.5 Å². The van der Waals surface area contributed by atoms with Gasteiger partial charge < -0.3 is 0 Å². The molecule has 0 spiro atoms. The fourth-order valence-electron chi connectivity index (χ4n) is 1.30. The van der Waals surface area contributed by atoms with E-state index in [0.29, 0.717) is 12.2 Å². The average molecular weight is 162 g/mol. The van der Waals surface area contributed by atoms with Gasteiger partial charge in [-0.25, -0.2) is 9.97 Å². The number of aromatic nitrogens is 2. The molecule has 0 aliphatic carbocycles. The summed E-state index contributed by atoms with van der Waals surface area (Å²) in [6, 6.07) is 1.72. The van der Waals surface area contributed by atoms with Crippen molar-refractivity contribution in [3.05, 3.63) is 18.6 Å². The van der Waals surface area contributed by atoms with Gasteiger partial charge in [-0.2, -0.15) is 0 Å². The lowest BCUT2D eigenvalue weighted by molar-refractivity contribution is -0.117. The van der Waals surface area contributed by atoms with Crippen molar-refractivity contribution in [1.82, 2.24) is 9.97 Å². The summed E-state index contributed by atoms with van der Waals surface area (Å²) >= 11 is 0. The predicted octanol–water partition coefficient (Wildman–Crippen LogP) is 0.404. The zero-order chi connectivity index (χ0) is 8.39. The second-order valence-electron chi connectivity index (χ2n) is 2.66. The average Bonchev–Trinajstić information content (AvgIpc) is 2.53. The van der Waals surface area contributed by atoms with Gasteiger partial charge in [0.05, 0.1) is 0 Å². The molecule has 1 fully saturated rings. The number of carbonyl (C=O) groups excluding carboxylic acids is 1. The third-order valence-electron chi connectivity index (χ3n) is 1.87. The molecule has 0 saturated carbocycles. The summed E-state index contributed by atoms with van der Waals surface area (Å²) in [5.41, 5.74) is 0. The molecule has 0 atom stereocenters. The Labute approximate surface area is 70.2 Å². The molecule has 2 rings (SSSR count). The molecule has 1 aliphatic heterocycles. The second-order valence-corrected chi connectivity index (χ2v) is 2.66. The molecule has 0 bridgehead atoms. The van der Waals surface area contributed by atoms with Crippen molar-refractivity contribution in [3.8, 4) is 0 Å². The molecule has 1 aliphatic rings. The first-order valence-electron chi connectivity index (χ1n) is 3.87. The minimum atomic E-state index is 0.141. The smallest absolute Gasteiger partial charge is 0.228 e. The van der Waals surface area contributed by atoms with Gasteiger partial charge >= 0.3 is 0 Å². The Balaban J connectivity index is 2.25. The van der Waals surface area contributed by atoms with E-state index < -0.39 is 0 Å². The van der Waals surface area contributed by atoms with E-state index in [4.69, 9.17) is 0 Å². The number of hydrogen-bond acceptors (Lipinski definition) is 3. The number of hydrogen-bond donors (Lipinski definition) is 0. The van der Waals surface area contributed by atoms with Gasteiger partial charge in [0.2, 0.25) is 5.91 Å². The third-order valence-corrected chi connectivity index (χ3v) is 1.87. The van der Waals surface area contributed by atoms with E-state index in [-0.39, 0.29) is 5.91 Å². The van der Waals surface area contributed by atoms with Crippen molar-refractivity contribution >= 4 is 11.7 Å². The molecule has 1 amide bonds. The molecular formula is C8H8N3O. The van der Waals surface area contributed by atoms with Gasteiger partial charge in [0.1, 0.15) is 5.82 Å². The topological polar surface area (TPSA) is 46.1 Å². The van der Waals surface area contributed by atoms with Gasteiger partial charge in [0.15, 0.2) is 6.33 Å². The summed E-state index contributed by atoms with van der Waals surface area (Å²) in [5.74, 6) is 0.801. The van der Waals surface area contributed by atoms with Crippen LogP contribution in [-0.4, -0.2) is 22.4 Å². The Morgan fingerprint density at radius 1 is 1.58 bits per heavy atom. The van der Waals surface area contributed by atoms with E-state index in [1.54, 1.807) is 17.2 Å². The fourth-order valence-corrected chi connectivity index (χ4v) is 1.30. The largest absolute Gasteiger partial charge is 0.297 e. The minimum absolute atomic E-state index is 0.141. The SMILES string of the molecule is O=C1CCCN1c1ccn[c]n1. The van der Waals surface area contributed by atoms with Crippen LogP contribution in [0.1, 0.15) is 12.8 Å². The molecule has 1 aromatic rings. The number of rotatable bonds is 1. The standard InChI is InChI=1S/C8H8N3O/c12-8-2-1-5-11(8)7-3-4-9-6-10-7/h3-4H,1-2,5H2. The summed E-state index contributed by atoms with van der Waals surface area (Å²) in [4.78, 5) is 20.4. The van der Waals surface area contributed by atoms with E-state index in [9.17, 15) is 4.79 Å². The lowest BCUT2D eigenvalue weighted by Crippen LogP contribution is -2.24. The van der Waals surface area contributed by atoms with Crippen molar-refractivity contribution in [2.45, 2.75) is 12.8 Å². The van der Waals surface area contributed by atoms with Crippen LogP contribution in [-0.2, 0) is 4.79 Å². The minimum Gasteiger partial charge on any atom is -0.297 e. The zero-order valence-electron chi connectivity index (χ0n) is 6.53. The molecule has 1 radical (unpaired) electrons. The van der Waals surface area contributed by atoms with Crippen molar-refractivity contribution in [1.29, 1.82) is 0 Å². The van der Waals surface area contributed by atoms with E-state index in [1.807, 2.05) is 0 Å². The van der Waals surface area contributed by atoms with Crippen LogP contribution in [0.3, 0.4) is 0 Å². The highest BCUT2D eigenvalue weighted by molar-refractivity contribution is 5.94. The highest BCUT2D eigenvalue weighted by Crippen LogP contribution is 2.16. The quantitative estimate of drug-likeness (QED) is 0.600. The molecule has 0 N–H and O–H groups in total. The molecule has 61 valence electrons. The molecule has 2 heterocycles. The first-order chi connectivity index (χ1) is 5.88. The number of anilines is 1. The first kappa shape index (κ1) is 7.21. The molecule has 4 nitrogen and oxygen atoms in total.